The molecule has 3 rings (SSSR count). The zero-order chi connectivity index (χ0) is 22.8. The van der Waals surface area contributed by atoms with Gasteiger partial charge in [-0.3, -0.25) is 4.99 Å². The van der Waals surface area contributed by atoms with E-state index in [4.69, 9.17) is 19.2 Å². The second-order valence-corrected chi connectivity index (χ2v) is 7.86. The molecule has 0 spiro atoms. The van der Waals surface area contributed by atoms with Crippen LogP contribution in [0.15, 0.2) is 47.5 Å². The van der Waals surface area contributed by atoms with Gasteiger partial charge in [0.15, 0.2) is 17.5 Å². The molecule has 1 heterocycles. The SMILES string of the molecule is CCNC(=NCC1CCN(c2ccccc2OC)C1)NCCc1ccc(OC)c(OC)c1.I. The molecular formula is C25H37IN4O3. The summed E-state index contributed by atoms with van der Waals surface area (Å²) >= 11 is 0. The first-order chi connectivity index (χ1) is 15.7. The lowest BCUT2D eigenvalue weighted by Crippen LogP contribution is -2.38. The summed E-state index contributed by atoms with van der Waals surface area (Å²) in [6.07, 6.45) is 2.00. The minimum atomic E-state index is 0. The van der Waals surface area contributed by atoms with Crippen molar-refractivity contribution in [1.82, 2.24) is 10.6 Å². The van der Waals surface area contributed by atoms with E-state index in [1.54, 1.807) is 21.3 Å². The number of rotatable bonds is 10. The van der Waals surface area contributed by atoms with Crippen LogP contribution in [0.3, 0.4) is 0 Å². The molecule has 1 unspecified atom stereocenters. The predicted octanol–water partition coefficient (Wildman–Crippen LogP) is 3.95. The second kappa shape index (κ2) is 14.0. The average Bonchev–Trinajstić information content (AvgIpc) is 3.31. The molecule has 0 aliphatic carbocycles. The van der Waals surface area contributed by atoms with Gasteiger partial charge in [0.25, 0.3) is 0 Å². The molecule has 0 saturated carbocycles. The van der Waals surface area contributed by atoms with Crippen molar-refractivity contribution in [2.75, 3.05) is 59.0 Å². The lowest BCUT2D eigenvalue weighted by molar-refractivity contribution is 0.354. The highest BCUT2D eigenvalue weighted by Crippen LogP contribution is 2.32. The Morgan fingerprint density at radius 2 is 1.76 bits per heavy atom. The number of benzene rings is 2. The second-order valence-electron chi connectivity index (χ2n) is 7.86. The quantitative estimate of drug-likeness (QED) is 0.257. The highest BCUT2D eigenvalue weighted by atomic mass is 127. The van der Waals surface area contributed by atoms with Gasteiger partial charge in [-0.15, -0.1) is 24.0 Å². The van der Waals surface area contributed by atoms with Gasteiger partial charge < -0.3 is 29.7 Å². The summed E-state index contributed by atoms with van der Waals surface area (Å²) in [5, 5.41) is 6.81. The van der Waals surface area contributed by atoms with Crippen molar-refractivity contribution in [3.05, 3.63) is 48.0 Å². The zero-order valence-electron chi connectivity index (χ0n) is 20.1. The molecule has 0 amide bonds. The maximum absolute atomic E-state index is 5.53. The highest BCUT2D eigenvalue weighted by molar-refractivity contribution is 14.0. The maximum Gasteiger partial charge on any atom is 0.191 e. The molecule has 1 fully saturated rings. The third-order valence-electron chi connectivity index (χ3n) is 5.72. The minimum Gasteiger partial charge on any atom is -0.495 e. The van der Waals surface area contributed by atoms with E-state index in [2.05, 4.69) is 40.7 Å². The van der Waals surface area contributed by atoms with E-state index in [0.717, 1.165) is 68.8 Å². The first-order valence-corrected chi connectivity index (χ1v) is 11.3. The molecule has 0 bridgehead atoms. The molecule has 0 radical (unpaired) electrons. The molecule has 2 aromatic rings. The fourth-order valence-corrected chi connectivity index (χ4v) is 4.02. The number of anilines is 1. The van der Waals surface area contributed by atoms with Gasteiger partial charge >= 0.3 is 0 Å². The molecule has 1 aliphatic heterocycles. The Morgan fingerprint density at radius 1 is 1.00 bits per heavy atom. The summed E-state index contributed by atoms with van der Waals surface area (Å²) in [6, 6.07) is 14.3. The molecule has 8 heteroatoms. The molecule has 182 valence electrons. The normalized spacial score (nSPS) is 15.6. The van der Waals surface area contributed by atoms with Gasteiger partial charge in [-0.05, 0) is 55.5 Å². The van der Waals surface area contributed by atoms with Crippen LogP contribution < -0.4 is 29.7 Å². The summed E-state index contributed by atoms with van der Waals surface area (Å²) in [4.78, 5) is 7.25. The van der Waals surface area contributed by atoms with Crippen molar-refractivity contribution < 1.29 is 14.2 Å². The number of ether oxygens (including phenoxy) is 3. The van der Waals surface area contributed by atoms with Gasteiger partial charge in [-0.1, -0.05) is 18.2 Å². The summed E-state index contributed by atoms with van der Waals surface area (Å²) in [5.74, 6) is 3.83. The summed E-state index contributed by atoms with van der Waals surface area (Å²) in [5.41, 5.74) is 2.36. The van der Waals surface area contributed by atoms with Crippen LogP contribution >= 0.6 is 24.0 Å². The van der Waals surface area contributed by atoms with Crippen LogP contribution in [0.1, 0.15) is 18.9 Å². The molecule has 7 nitrogen and oxygen atoms in total. The number of halogens is 1. The van der Waals surface area contributed by atoms with Crippen molar-refractivity contribution in [3.8, 4) is 17.2 Å². The largest absolute Gasteiger partial charge is 0.495 e. The fraction of sp³-hybridized carbons (Fsp3) is 0.480. The van der Waals surface area contributed by atoms with Crippen LogP contribution in [-0.4, -0.2) is 60.0 Å². The molecular weight excluding hydrogens is 531 g/mol. The standard InChI is InChI=1S/C25H36N4O3.HI/c1-5-26-25(27-14-12-19-10-11-23(31-3)24(16-19)32-4)28-17-20-13-15-29(18-20)21-8-6-7-9-22(21)30-2;/h6-11,16,20H,5,12-15,17-18H2,1-4H3,(H2,26,27,28);1H. The number of hydrogen-bond acceptors (Lipinski definition) is 5. The Bertz CT molecular complexity index is 894. The summed E-state index contributed by atoms with van der Waals surface area (Å²) in [6.45, 7) is 6.54. The third-order valence-corrected chi connectivity index (χ3v) is 5.72. The van der Waals surface area contributed by atoms with Crippen molar-refractivity contribution in [2.45, 2.75) is 19.8 Å². The number of hydrogen-bond donors (Lipinski definition) is 2. The van der Waals surface area contributed by atoms with E-state index in [1.165, 1.54) is 11.3 Å². The molecule has 33 heavy (non-hydrogen) atoms. The Kier molecular flexibility index (Phi) is 11.4. The number of nitrogens with zero attached hydrogens (tertiary/aromatic N) is 2. The van der Waals surface area contributed by atoms with Crippen molar-refractivity contribution in [1.29, 1.82) is 0 Å². The Balaban J connectivity index is 0.00000385. The van der Waals surface area contributed by atoms with Gasteiger partial charge in [0.1, 0.15) is 5.75 Å². The average molecular weight is 569 g/mol. The molecule has 2 aromatic carbocycles. The van der Waals surface area contributed by atoms with Crippen LogP contribution in [0, 0.1) is 5.92 Å². The van der Waals surface area contributed by atoms with Crippen molar-refractivity contribution >= 4 is 35.6 Å². The highest BCUT2D eigenvalue weighted by Gasteiger charge is 2.24. The Morgan fingerprint density at radius 3 is 2.48 bits per heavy atom. The fourth-order valence-electron chi connectivity index (χ4n) is 4.02. The molecule has 0 aromatic heterocycles. The first-order valence-electron chi connectivity index (χ1n) is 11.3. The van der Waals surface area contributed by atoms with Crippen LogP contribution in [0.25, 0.3) is 0 Å². The van der Waals surface area contributed by atoms with E-state index in [0.29, 0.717) is 5.92 Å². The lowest BCUT2D eigenvalue weighted by Gasteiger charge is -2.21. The first kappa shape index (κ1) is 26.9. The van der Waals surface area contributed by atoms with E-state index >= 15 is 0 Å². The van der Waals surface area contributed by atoms with Crippen LogP contribution in [0.5, 0.6) is 17.2 Å². The molecule has 1 aliphatic rings. The molecule has 2 N–H and O–H groups in total. The number of aliphatic imine (C=N–C) groups is 1. The Hall–Kier alpha value is -2.36. The van der Waals surface area contributed by atoms with Crippen molar-refractivity contribution in [3.63, 3.8) is 0 Å². The van der Waals surface area contributed by atoms with Gasteiger partial charge in [0, 0.05) is 32.7 Å². The summed E-state index contributed by atoms with van der Waals surface area (Å²) < 4.78 is 16.2. The van der Waals surface area contributed by atoms with Gasteiger partial charge in [0.05, 0.1) is 27.0 Å². The molecule has 1 saturated heterocycles. The smallest absolute Gasteiger partial charge is 0.191 e. The van der Waals surface area contributed by atoms with E-state index in [1.807, 2.05) is 24.3 Å². The predicted molar refractivity (Wildman–Crippen MR) is 146 cm³/mol. The monoisotopic (exact) mass is 568 g/mol. The number of methoxy groups -OCH3 is 3. The number of nitrogens with one attached hydrogen (secondary N) is 2. The van der Waals surface area contributed by atoms with Gasteiger partial charge in [0.2, 0.25) is 0 Å². The lowest BCUT2D eigenvalue weighted by atomic mass is 10.1. The Labute approximate surface area is 214 Å². The van der Waals surface area contributed by atoms with E-state index in [9.17, 15) is 0 Å². The van der Waals surface area contributed by atoms with Crippen LogP contribution in [-0.2, 0) is 6.42 Å². The van der Waals surface area contributed by atoms with Crippen LogP contribution in [0.2, 0.25) is 0 Å². The third kappa shape index (κ3) is 7.58. The maximum atomic E-state index is 5.53. The minimum absolute atomic E-state index is 0. The van der Waals surface area contributed by atoms with Gasteiger partial charge in [-0.2, -0.15) is 0 Å². The van der Waals surface area contributed by atoms with E-state index in [-0.39, 0.29) is 24.0 Å². The summed E-state index contributed by atoms with van der Waals surface area (Å²) in [7, 11) is 5.04. The van der Waals surface area contributed by atoms with Gasteiger partial charge in [-0.25, -0.2) is 0 Å². The van der Waals surface area contributed by atoms with Crippen molar-refractivity contribution in [2.24, 2.45) is 10.9 Å². The number of guanidine groups is 1. The molecule has 1 atom stereocenters. The zero-order valence-corrected chi connectivity index (χ0v) is 22.4. The number of para-hydroxylation sites is 2. The topological polar surface area (TPSA) is 67.4 Å². The van der Waals surface area contributed by atoms with Crippen LogP contribution in [0.4, 0.5) is 5.69 Å². The van der Waals surface area contributed by atoms with E-state index < -0.39 is 0 Å².